The lowest BCUT2D eigenvalue weighted by Gasteiger charge is -2.06. The summed E-state index contributed by atoms with van der Waals surface area (Å²) < 4.78 is 42.8. The number of nitrogens with one attached hydrogen (secondary N) is 1. The van der Waals surface area contributed by atoms with Crippen LogP contribution in [0.15, 0.2) is 29.4 Å². The van der Waals surface area contributed by atoms with E-state index in [1.54, 1.807) is 12.1 Å². The number of aromatic nitrogens is 3. The summed E-state index contributed by atoms with van der Waals surface area (Å²) in [7, 11) is 1.47. The predicted octanol–water partition coefficient (Wildman–Crippen LogP) is 1.07. The number of benzene rings is 1. The highest BCUT2D eigenvalue weighted by molar-refractivity contribution is 7.99. The van der Waals surface area contributed by atoms with Crippen molar-refractivity contribution in [1.29, 1.82) is 0 Å². The second-order valence-corrected chi connectivity index (χ2v) is 5.51. The molecule has 2 rings (SSSR count). The number of thioether (sulfide) groups is 1. The number of methoxy groups -OCH3 is 1. The molecule has 1 aromatic heterocycles. The van der Waals surface area contributed by atoms with Gasteiger partial charge in [-0.05, 0) is 24.3 Å². The number of amides is 2. The van der Waals surface area contributed by atoms with E-state index >= 15 is 0 Å². The second-order valence-electron chi connectivity index (χ2n) is 4.57. The van der Waals surface area contributed by atoms with Gasteiger partial charge in [-0.1, -0.05) is 11.8 Å². The van der Waals surface area contributed by atoms with Gasteiger partial charge in [0, 0.05) is 5.56 Å². The normalized spacial score (nSPS) is 11.2. The minimum absolute atomic E-state index is 0.223. The lowest BCUT2D eigenvalue weighted by Crippen LogP contribution is -2.32. The molecular formula is C13H12F3N5O3S. The van der Waals surface area contributed by atoms with Crippen LogP contribution in [0.5, 0.6) is 5.75 Å². The maximum absolute atomic E-state index is 12.5. The summed E-state index contributed by atoms with van der Waals surface area (Å²) in [5.41, 5.74) is 0.223. The zero-order valence-electron chi connectivity index (χ0n) is 12.7. The molecule has 0 fully saturated rings. The van der Waals surface area contributed by atoms with Crippen molar-refractivity contribution in [2.24, 2.45) is 0 Å². The molecule has 25 heavy (non-hydrogen) atoms. The molecule has 1 aromatic carbocycles. The Hall–Kier alpha value is -2.76. The molecule has 0 aliphatic rings. The van der Waals surface area contributed by atoms with E-state index in [0.29, 0.717) is 17.5 Å². The van der Waals surface area contributed by atoms with Gasteiger partial charge < -0.3 is 10.6 Å². The number of nitrogens with zero attached hydrogens (tertiary/aromatic N) is 3. The molecule has 3 N–H and O–H groups in total. The van der Waals surface area contributed by atoms with E-state index in [1.807, 2.05) is 0 Å². The number of halogens is 3. The summed E-state index contributed by atoms with van der Waals surface area (Å²) in [4.78, 5) is 23.6. The lowest BCUT2D eigenvalue weighted by atomic mass is 10.2. The summed E-state index contributed by atoms with van der Waals surface area (Å²) in [6, 6.07) is 6.01. The van der Waals surface area contributed by atoms with Crippen molar-refractivity contribution in [2.75, 3.05) is 18.7 Å². The number of hydrogen-bond donors (Lipinski definition) is 2. The summed E-state index contributed by atoms with van der Waals surface area (Å²) in [5.74, 6) is 2.65. The minimum Gasteiger partial charge on any atom is -0.497 e. The van der Waals surface area contributed by atoms with Crippen LogP contribution >= 0.6 is 11.8 Å². The zero-order valence-corrected chi connectivity index (χ0v) is 13.5. The number of rotatable bonds is 5. The quantitative estimate of drug-likeness (QED) is 0.594. The largest absolute Gasteiger partial charge is 0.497 e. The molecule has 8 nitrogen and oxygen atoms in total. The van der Waals surface area contributed by atoms with E-state index in [4.69, 9.17) is 10.6 Å². The number of hydrogen-bond acceptors (Lipinski definition) is 7. The molecule has 1 heterocycles. The van der Waals surface area contributed by atoms with Crippen molar-refractivity contribution in [3.05, 3.63) is 35.7 Å². The first kappa shape index (κ1) is 18.6. The van der Waals surface area contributed by atoms with Crippen LogP contribution < -0.4 is 15.9 Å². The average molecular weight is 375 g/mol. The van der Waals surface area contributed by atoms with E-state index in [2.05, 4.69) is 15.5 Å². The fourth-order valence-corrected chi connectivity index (χ4v) is 2.33. The van der Waals surface area contributed by atoms with Gasteiger partial charge in [0.15, 0.2) is 0 Å². The Bertz CT molecular complexity index is 776. The first-order chi connectivity index (χ1) is 11.7. The molecule has 2 amide bonds. The number of nitrogen functional groups attached to an aromatic ring is 1. The number of carbonyl (C=O) groups excluding carboxylic acids is 2. The molecule has 0 atom stereocenters. The maximum atomic E-state index is 12.5. The lowest BCUT2D eigenvalue weighted by molar-refractivity contribution is -0.146. The Labute approximate surface area is 143 Å². The molecule has 12 heteroatoms. The molecule has 0 unspecified atom stereocenters. The Morgan fingerprint density at radius 1 is 1.28 bits per heavy atom. The molecule has 0 aliphatic carbocycles. The van der Waals surface area contributed by atoms with Gasteiger partial charge in [0.05, 0.1) is 12.9 Å². The summed E-state index contributed by atoms with van der Waals surface area (Å²) in [6.45, 7) is 0. The molecule has 134 valence electrons. The predicted molar refractivity (Wildman–Crippen MR) is 81.4 cm³/mol. The molecule has 0 aliphatic heterocycles. The summed E-state index contributed by atoms with van der Waals surface area (Å²) >= 11 is 0.615. The van der Waals surface area contributed by atoms with Gasteiger partial charge in [0.25, 0.3) is 11.7 Å². The van der Waals surface area contributed by atoms with Crippen LogP contribution in [0.4, 0.5) is 13.2 Å². The monoisotopic (exact) mass is 375 g/mol. The van der Waals surface area contributed by atoms with Crippen LogP contribution in [0, 0.1) is 0 Å². The van der Waals surface area contributed by atoms with Crippen molar-refractivity contribution in [1.82, 2.24) is 20.2 Å². The Balaban J connectivity index is 1.92. The van der Waals surface area contributed by atoms with Crippen LogP contribution in [0.1, 0.15) is 16.2 Å². The fraction of sp³-hybridized carbons (Fsp3) is 0.231. The molecule has 0 saturated heterocycles. The van der Waals surface area contributed by atoms with Crippen molar-refractivity contribution in [3.8, 4) is 5.75 Å². The van der Waals surface area contributed by atoms with Crippen LogP contribution in [0.2, 0.25) is 0 Å². The highest BCUT2D eigenvalue weighted by Crippen LogP contribution is 2.28. The Kier molecular flexibility index (Phi) is 5.51. The smallest absolute Gasteiger partial charge is 0.453 e. The summed E-state index contributed by atoms with van der Waals surface area (Å²) in [6.07, 6.45) is -4.76. The molecule has 0 bridgehead atoms. The molecule has 0 saturated carbocycles. The van der Waals surface area contributed by atoms with E-state index in [1.165, 1.54) is 19.2 Å². The van der Waals surface area contributed by atoms with Gasteiger partial charge in [-0.3, -0.25) is 14.9 Å². The van der Waals surface area contributed by atoms with Crippen molar-refractivity contribution >= 4 is 23.6 Å². The third-order valence-electron chi connectivity index (χ3n) is 2.86. The number of ether oxygens (including phenoxy) is 1. The third-order valence-corrected chi connectivity index (χ3v) is 3.80. The Morgan fingerprint density at radius 2 is 1.92 bits per heavy atom. The fourth-order valence-electron chi connectivity index (χ4n) is 1.68. The van der Waals surface area contributed by atoms with Gasteiger partial charge in [0.2, 0.25) is 11.1 Å². The number of imide groups is 1. The van der Waals surface area contributed by atoms with Crippen molar-refractivity contribution < 1.29 is 27.5 Å². The zero-order chi connectivity index (χ0) is 18.6. The third kappa shape index (κ3) is 4.62. The van der Waals surface area contributed by atoms with Gasteiger partial charge in [-0.2, -0.15) is 13.2 Å². The van der Waals surface area contributed by atoms with E-state index in [9.17, 15) is 22.8 Å². The molecular weight excluding hydrogens is 363 g/mol. The highest BCUT2D eigenvalue weighted by Gasteiger charge is 2.38. The Morgan fingerprint density at radius 3 is 2.44 bits per heavy atom. The minimum atomic E-state index is -4.76. The standard InChI is InChI=1S/C13H12F3N5O3S/c1-24-8-4-2-7(3-5-8)10(23)18-9(22)6-25-12-20-19-11(21(12)17)13(14,15)16/h2-5H,6,17H2,1H3,(H,18,22,23). The van der Waals surface area contributed by atoms with Gasteiger partial charge >= 0.3 is 6.18 Å². The number of carbonyl (C=O) groups is 2. The van der Waals surface area contributed by atoms with Crippen LogP contribution in [-0.2, 0) is 11.0 Å². The van der Waals surface area contributed by atoms with Crippen molar-refractivity contribution in [3.63, 3.8) is 0 Å². The summed E-state index contributed by atoms with van der Waals surface area (Å²) in [5, 5.41) is 7.98. The van der Waals surface area contributed by atoms with Crippen LogP contribution in [0.3, 0.4) is 0 Å². The SMILES string of the molecule is COc1ccc(C(=O)NC(=O)CSc2nnc(C(F)(F)F)n2N)cc1. The first-order valence-corrected chi connectivity index (χ1v) is 7.59. The maximum Gasteiger partial charge on any atom is 0.453 e. The average Bonchev–Trinajstić information content (AvgIpc) is 2.94. The second kappa shape index (κ2) is 7.42. The van der Waals surface area contributed by atoms with Gasteiger partial charge in [-0.15, -0.1) is 10.2 Å². The number of alkyl halides is 3. The molecule has 0 radical (unpaired) electrons. The van der Waals surface area contributed by atoms with Gasteiger partial charge in [0.1, 0.15) is 5.75 Å². The van der Waals surface area contributed by atoms with E-state index in [-0.39, 0.29) is 21.1 Å². The van der Waals surface area contributed by atoms with Gasteiger partial charge in [-0.25, -0.2) is 4.68 Å². The molecule has 2 aromatic rings. The van der Waals surface area contributed by atoms with Crippen molar-refractivity contribution in [2.45, 2.75) is 11.3 Å². The van der Waals surface area contributed by atoms with Crippen LogP contribution in [-0.4, -0.2) is 39.6 Å². The topological polar surface area (TPSA) is 112 Å². The van der Waals surface area contributed by atoms with E-state index < -0.39 is 23.8 Å². The van der Waals surface area contributed by atoms with Crippen LogP contribution in [0.25, 0.3) is 0 Å². The molecule has 0 spiro atoms. The number of nitrogens with two attached hydrogens (primary N) is 1. The van der Waals surface area contributed by atoms with E-state index in [0.717, 1.165) is 0 Å². The first-order valence-electron chi connectivity index (χ1n) is 6.61. The highest BCUT2D eigenvalue weighted by atomic mass is 32.2.